The average Bonchev–Trinajstić information content (AvgIpc) is 2.63. The molecular formula is C21H25N3O2. The number of rotatable bonds is 6. The predicted molar refractivity (Wildman–Crippen MR) is 103 cm³/mol. The predicted octanol–water partition coefficient (Wildman–Crippen LogP) is 2.50. The lowest BCUT2D eigenvalue weighted by Crippen LogP contribution is -2.38. The molecule has 1 heterocycles. The summed E-state index contributed by atoms with van der Waals surface area (Å²) in [6.07, 6.45) is 0.889. The number of carbonyl (C=O) groups is 2. The summed E-state index contributed by atoms with van der Waals surface area (Å²) in [6, 6.07) is 16.0. The quantitative estimate of drug-likeness (QED) is 0.786. The van der Waals surface area contributed by atoms with E-state index in [2.05, 4.69) is 39.8 Å². The number of hydrogen-bond donors (Lipinski definition) is 2. The van der Waals surface area contributed by atoms with Crippen LogP contribution in [0.2, 0.25) is 0 Å². The van der Waals surface area contributed by atoms with E-state index in [9.17, 15) is 9.59 Å². The molecule has 2 aromatic carbocycles. The number of anilines is 1. The summed E-state index contributed by atoms with van der Waals surface area (Å²) in [6.45, 7) is 5.25. The van der Waals surface area contributed by atoms with E-state index in [0.29, 0.717) is 12.2 Å². The van der Waals surface area contributed by atoms with E-state index in [0.717, 1.165) is 31.6 Å². The fourth-order valence-corrected chi connectivity index (χ4v) is 3.15. The van der Waals surface area contributed by atoms with Gasteiger partial charge in [0.2, 0.25) is 11.8 Å². The van der Waals surface area contributed by atoms with E-state index >= 15 is 0 Å². The average molecular weight is 351 g/mol. The number of fused-ring (bicyclic) bond motifs is 1. The number of aryl methyl sites for hydroxylation is 1. The lowest BCUT2D eigenvalue weighted by Gasteiger charge is -2.28. The van der Waals surface area contributed by atoms with Crippen LogP contribution in [0.25, 0.3) is 0 Å². The van der Waals surface area contributed by atoms with Crippen molar-refractivity contribution in [3.05, 3.63) is 65.2 Å². The maximum Gasteiger partial charge on any atom is 0.233 e. The fraction of sp³-hybridized carbons (Fsp3) is 0.333. The zero-order chi connectivity index (χ0) is 18.4. The fourth-order valence-electron chi connectivity index (χ4n) is 3.15. The van der Waals surface area contributed by atoms with Crippen LogP contribution >= 0.6 is 0 Å². The molecule has 0 unspecified atom stereocenters. The van der Waals surface area contributed by atoms with Gasteiger partial charge in [-0.05, 0) is 36.6 Å². The van der Waals surface area contributed by atoms with Crippen molar-refractivity contribution in [2.75, 3.05) is 25.0 Å². The number of benzene rings is 2. The minimum absolute atomic E-state index is 0.156. The Morgan fingerprint density at radius 3 is 2.50 bits per heavy atom. The maximum absolute atomic E-state index is 11.9. The van der Waals surface area contributed by atoms with Gasteiger partial charge in [-0.25, -0.2) is 0 Å². The van der Waals surface area contributed by atoms with E-state index in [1.165, 1.54) is 11.1 Å². The van der Waals surface area contributed by atoms with Crippen molar-refractivity contribution in [1.29, 1.82) is 0 Å². The molecule has 5 heteroatoms. The van der Waals surface area contributed by atoms with E-state index in [1.54, 1.807) is 0 Å². The highest BCUT2D eigenvalue weighted by molar-refractivity contribution is 6.03. The molecule has 2 amide bonds. The van der Waals surface area contributed by atoms with Crippen LogP contribution in [0.5, 0.6) is 0 Å². The molecule has 0 saturated heterocycles. The second-order valence-corrected chi connectivity index (χ2v) is 6.74. The van der Waals surface area contributed by atoms with Crippen molar-refractivity contribution in [3.63, 3.8) is 0 Å². The van der Waals surface area contributed by atoms with Gasteiger partial charge in [-0.3, -0.25) is 14.5 Å². The lowest BCUT2D eigenvalue weighted by atomic mass is 10.00. The first-order valence-corrected chi connectivity index (χ1v) is 9.02. The van der Waals surface area contributed by atoms with Crippen LogP contribution in [-0.4, -0.2) is 36.3 Å². The molecule has 0 radical (unpaired) electrons. The van der Waals surface area contributed by atoms with Crippen molar-refractivity contribution in [1.82, 2.24) is 10.2 Å². The monoisotopic (exact) mass is 351 g/mol. The van der Waals surface area contributed by atoms with Gasteiger partial charge >= 0.3 is 0 Å². The Labute approximate surface area is 154 Å². The SMILES string of the molecule is Cc1ccc(NC(=O)CC(=O)NCCN2CCc3ccccc3C2)cc1. The summed E-state index contributed by atoms with van der Waals surface area (Å²) >= 11 is 0. The molecule has 0 spiro atoms. The Morgan fingerprint density at radius 2 is 1.73 bits per heavy atom. The van der Waals surface area contributed by atoms with E-state index in [-0.39, 0.29) is 18.2 Å². The third-order valence-electron chi connectivity index (χ3n) is 4.62. The van der Waals surface area contributed by atoms with Crippen LogP contribution in [0.4, 0.5) is 5.69 Å². The van der Waals surface area contributed by atoms with Crippen LogP contribution < -0.4 is 10.6 Å². The van der Waals surface area contributed by atoms with E-state index in [1.807, 2.05) is 31.2 Å². The topological polar surface area (TPSA) is 61.4 Å². The first-order chi connectivity index (χ1) is 12.6. The van der Waals surface area contributed by atoms with Gasteiger partial charge in [0.1, 0.15) is 6.42 Å². The smallest absolute Gasteiger partial charge is 0.233 e. The molecule has 0 fully saturated rings. The highest BCUT2D eigenvalue weighted by Gasteiger charge is 2.15. The molecular weight excluding hydrogens is 326 g/mol. The second kappa shape index (κ2) is 8.63. The number of amides is 2. The van der Waals surface area contributed by atoms with Gasteiger partial charge in [-0.15, -0.1) is 0 Å². The van der Waals surface area contributed by atoms with Gasteiger partial charge in [-0.2, -0.15) is 0 Å². The molecule has 136 valence electrons. The molecule has 5 nitrogen and oxygen atoms in total. The van der Waals surface area contributed by atoms with Crippen molar-refractivity contribution >= 4 is 17.5 Å². The molecule has 3 rings (SSSR count). The van der Waals surface area contributed by atoms with Crippen LogP contribution in [-0.2, 0) is 22.6 Å². The molecule has 0 aliphatic carbocycles. The normalized spacial score (nSPS) is 13.7. The van der Waals surface area contributed by atoms with Crippen LogP contribution in [0.1, 0.15) is 23.1 Å². The van der Waals surface area contributed by atoms with Gasteiger partial charge in [0, 0.05) is 31.9 Å². The molecule has 26 heavy (non-hydrogen) atoms. The molecule has 1 aliphatic heterocycles. The Bertz CT molecular complexity index is 771. The van der Waals surface area contributed by atoms with Gasteiger partial charge in [0.05, 0.1) is 0 Å². The zero-order valence-corrected chi connectivity index (χ0v) is 15.1. The van der Waals surface area contributed by atoms with Gasteiger partial charge in [0.25, 0.3) is 0 Å². The van der Waals surface area contributed by atoms with Gasteiger partial charge in [0.15, 0.2) is 0 Å². The van der Waals surface area contributed by atoms with Crippen LogP contribution in [0.3, 0.4) is 0 Å². The van der Waals surface area contributed by atoms with E-state index < -0.39 is 0 Å². The second-order valence-electron chi connectivity index (χ2n) is 6.74. The third-order valence-corrected chi connectivity index (χ3v) is 4.62. The first kappa shape index (κ1) is 18.1. The number of carbonyl (C=O) groups excluding carboxylic acids is 2. The minimum atomic E-state index is -0.293. The van der Waals surface area contributed by atoms with Gasteiger partial charge in [-0.1, -0.05) is 42.0 Å². The Kier molecular flexibility index (Phi) is 6.02. The van der Waals surface area contributed by atoms with Gasteiger partial charge < -0.3 is 10.6 Å². The lowest BCUT2D eigenvalue weighted by molar-refractivity contribution is -0.126. The van der Waals surface area contributed by atoms with Crippen molar-refractivity contribution in [2.24, 2.45) is 0 Å². The zero-order valence-electron chi connectivity index (χ0n) is 15.1. The van der Waals surface area contributed by atoms with Crippen molar-refractivity contribution in [3.8, 4) is 0 Å². The van der Waals surface area contributed by atoms with E-state index in [4.69, 9.17) is 0 Å². The summed E-state index contributed by atoms with van der Waals surface area (Å²) in [5.41, 5.74) is 4.62. The molecule has 0 saturated carbocycles. The molecule has 0 atom stereocenters. The molecule has 0 aromatic heterocycles. The first-order valence-electron chi connectivity index (χ1n) is 9.02. The Hall–Kier alpha value is -2.66. The summed E-state index contributed by atoms with van der Waals surface area (Å²) in [5, 5.41) is 5.58. The highest BCUT2D eigenvalue weighted by Crippen LogP contribution is 2.17. The number of nitrogens with zero attached hydrogens (tertiary/aromatic N) is 1. The van der Waals surface area contributed by atoms with Crippen molar-refractivity contribution < 1.29 is 9.59 Å². The summed E-state index contributed by atoms with van der Waals surface area (Å²) in [4.78, 5) is 26.2. The maximum atomic E-state index is 11.9. The molecule has 2 aromatic rings. The standard InChI is InChI=1S/C21H25N3O2/c1-16-6-8-19(9-7-16)23-21(26)14-20(25)22-11-13-24-12-10-17-4-2-3-5-18(17)15-24/h2-9H,10-15H2,1H3,(H,22,25)(H,23,26). The Balaban J connectivity index is 1.36. The van der Waals surface area contributed by atoms with Crippen LogP contribution in [0.15, 0.2) is 48.5 Å². The summed E-state index contributed by atoms with van der Waals surface area (Å²) in [7, 11) is 0. The number of nitrogens with one attached hydrogen (secondary N) is 2. The largest absolute Gasteiger partial charge is 0.354 e. The summed E-state index contributed by atoms with van der Waals surface area (Å²) < 4.78 is 0. The molecule has 1 aliphatic rings. The van der Waals surface area contributed by atoms with Crippen molar-refractivity contribution in [2.45, 2.75) is 26.3 Å². The molecule has 0 bridgehead atoms. The minimum Gasteiger partial charge on any atom is -0.354 e. The number of hydrogen-bond acceptors (Lipinski definition) is 3. The highest BCUT2D eigenvalue weighted by atomic mass is 16.2. The third kappa shape index (κ3) is 5.17. The Morgan fingerprint density at radius 1 is 1.00 bits per heavy atom. The summed E-state index contributed by atoms with van der Waals surface area (Å²) in [5.74, 6) is -0.537. The molecule has 2 N–H and O–H groups in total. The van der Waals surface area contributed by atoms with Crippen LogP contribution in [0, 0.1) is 6.92 Å².